The highest BCUT2D eigenvalue weighted by Gasteiger charge is 2.41. The molecule has 0 spiro atoms. The maximum atomic E-state index is 3.88. The van der Waals surface area contributed by atoms with Crippen LogP contribution in [-0.4, -0.2) is 8.07 Å². The first-order chi connectivity index (χ1) is 10.2. The van der Waals surface area contributed by atoms with Gasteiger partial charge < -0.3 is 0 Å². The Hall–Kier alpha value is 0.217. The Kier molecular flexibility index (Phi) is 8.20. The average molecular weight is 446 g/mol. The van der Waals surface area contributed by atoms with Crippen molar-refractivity contribution >= 4 is 39.9 Å². The minimum atomic E-state index is -1.62. The molecule has 0 atom stereocenters. The van der Waals surface area contributed by atoms with E-state index in [1.807, 2.05) is 0 Å². The summed E-state index contributed by atoms with van der Waals surface area (Å²) in [6, 6.07) is 0. The molecule has 0 heterocycles. The standard InChI is InChI=1S/C19H30Br2Si/c1-14(2)22(15(3)4,16(5)6)12-11-17-9-7-8-10-18(17)13-19(20)21/h13-16H,7-10H2,1-6H3. The topological polar surface area (TPSA) is 0 Å². The molecule has 1 aliphatic carbocycles. The van der Waals surface area contributed by atoms with Crippen LogP contribution in [0.1, 0.15) is 67.2 Å². The lowest BCUT2D eigenvalue weighted by Gasteiger charge is -2.38. The van der Waals surface area contributed by atoms with E-state index in [0.717, 1.165) is 16.2 Å². The Balaban J connectivity index is 3.31. The lowest BCUT2D eigenvalue weighted by atomic mass is 9.92. The summed E-state index contributed by atoms with van der Waals surface area (Å²) in [5.74, 6) is 3.67. The Morgan fingerprint density at radius 3 is 1.91 bits per heavy atom. The molecule has 22 heavy (non-hydrogen) atoms. The van der Waals surface area contributed by atoms with Gasteiger partial charge in [-0.15, -0.1) is 5.54 Å². The van der Waals surface area contributed by atoms with Crippen molar-refractivity contribution in [1.29, 1.82) is 0 Å². The molecular weight excluding hydrogens is 416 g/mol. The van der Waals surface area contributed by atoms with Crippen LogP contribution in [0.5, 0.6) is 0 Å². The van der Waals surface area contributed by atoms with E-state index in [1.165, 1.54) is 24.0 Å². The molecule has 1 rings (SSSR count). The molecule has 0 N–H and O–H groups in total. The van der Waals surface area contributed by atoms with Crippen LogP contribution in [0.2, 0.25) is 16.6 Å². The van der Waals surface area contributed by atoms with Crippen molar-refractivity contribution in [3.05, 3.63) is 20.6 Å². The van der Waals surface area contributed by atoms with Crippen molar-refractivity contribution in [3.8, 4) is 11.5 Å². The average Bonchev–Trinajstić information content (AvgIpc) is 2.39. The second-order valence-electron chi connectivity index (χ2n) is 7.29. The van der Waals surface area contributed by atoms with Crippen molar-refractivity contribution in [1.82, 2.24) is 0 Å². The van der Waals surface area contributed by atoms with E-state index in [0.29, 0.717) is 16.6 Å². The summed E-state index contributed by atoms with van der Waals surface area (Å²) < 4.78 is 1.02. The molecule has 0 bridgehead atoms. The maximum absolute atomic E-state index is 3.88. The fourth-order valence-corrected chi connectivity index (χ4v) is 9.77. The van der Waals surface area contributed by atoms with Gasteiger partial charge in [-0.25, -0.2) is 0 Å². The maximum Gasteiger partial charge on any atom is 0.146 e. The molecule has 0 unspecified atom stereocenters. The van der Waals surface area contributed by atoms with Crippen molar-refractivity contribution in [2.75, 3.05) is 0 Å². The van der Waals surface area contributed by atoms with Gasteiger partial charge in [0.15, 0.2) is 0 Å². The Labute approximate surface area is 155 Å². The van der Waals surface area contributed by atoms with Crippen molar-refractivity contribution < 1.29 is 0 Å². The summed E-state index contributed by atoms with van der Waals surface area (Å²) in [6.07, 6.45) is 7.06. The molecule has 0 amide bonds. The zero-order valence-electron chi connectivity index (χ0n) is 14.9. The van der Waals surface area contributed by atoms with Crippen molar-refractivity contribution in [3.63, 3.8) is 0 Å². The zero-order chi connectivity index (χ0) is 16.9. The molecule has 0 saturated carbocycles. The lowest BCUT2D eigenvalue weighted by molar-refractivity contribution is 0.696. The van der Waals surface area contributed by atoms with Gasteiger partial charge in [0, 0.05) is 5.57 Å². The molecular formula is C19H30Br2Si. The van der Waals surface area contributed by atoms with Gasteiger partial charge in [0.05, 0.1) is 3.39 Å². The zero-order valence-corrected chi connectivity index (χ0v) is 19.1. The number of allylic oxidation sites excluding steroid dienone is 3. The molecule has 0 aromatic carbocycles. The molecule has 0 aliphatic heterocycles. The van der Waals surface area contributed by atoms with Crippen LogP contribution < -0.4 is 0 Å². The normalized spacial score (nSPS) is 16.1. The smallest absolute Gasteiger partial charge is 0.125 e. The highest BCUT2D eigenvalue weighted by Crippen LogP contribution is 2.41. The third-order valence-electron chi connectivity index (χ3n) is 5.09. The van der Waals surface area contributed by atoms with Gasteiger partial charge in [-0.3, -0.25) is 0 Å². The van der Waals surface area contributed by atoms with E-state index < -0.39 is 8.07 Å². The highest BCUT2D eigenvalue weighted by molar-refractivity contribution is 9.28. The predicted molar refractivity (Wildman–Crippen MR) is 110 cm³/mol. The van der Waals surface area contributed by atoms with E-state index in [9.17, 15) is 0 Å². The second kappa shape index (κ2) is 8.90. The van der Waals surface area contributed by atoms with Crippen LogP contribution in [0.3, 0.4) is 0 Å². The molecule has 0 nitrogen and oxygen atoms in total. The van der Waals surface area contributed by atoms with Gasteiger partial charge in [-0.1, -0.05) is 47.5 Å². The van der Waals surface area contributed by atoms with Crippen molar-refractivity contribution in [2.45, 2.75) is 83.8 Å². The molecule has 0 radical (unpaired) electrons. The largest absolute Gasteiger partial charge is 0.146 e. The summed E-state index contributed by atoms with van der Waals surface area (Å²) in [5, 5.41) is 0. The van der Waals surface area contributed by atoms with Gasteiger partial charge in [-0.05, 0) is 85.8 Å². The summed E-state index contributed by atoms with van der Waals surface area (Å²) in [7, 11) is -1.62. The second-order valence-corrected chi connectivity index (χ2v) is 15.6. The van der Waals surface area contributed by atoms with E-state index in [-0.39, 0.29) is 0 Å². The van der Waals surface area contributed by atoms with E-state index in [4.69, 9.17) is 0 Å². The van der Waals surface area contributed by atoms with Crippen LogP contribution in [0.4, 0.5) is 0 Å². The van der Waals surface area contributed by atoms with Crippen LogP contribution in [0.15, 0.2) is 20.6 Å². The first-order valence-corrected chi connectivity index (χ1v) is 12.3. The molecule has 124 valence electrons. The van der Waals surface area contributed by atoms with Crippen molar-refractivity contribution in [2.24, 2.45) is 0 Å². The van der Waals surface area contributed by atoms with E-state index >= 15 is 0 Å². The molecule has 0 aromatic heterocycles. The van der Waals surface area contributed by atoms with Crippen LogP contribution in [-0.2, 0) is 0 Å². The number of hydrogen-bond acceptors (Lipinski definition) is 0. The molecule has 0 aromatic rings. The van der Waals surface area contributed by atoms with Gasteiger partial charge in [-0.2, -0.15) is 0 Å². The number of hydrogen-bond donors (Lipinski definition) is 0. The monoisotopic (exact) mass is 444 g/mol. The summed E-state index contributed by atoms with van der Waals surface area (Å²) >= 11 is 7.00. The predicted octanol–water partition coefficient (Wildman–Crippen LogP) is 7.71. The Morgan fingerprint density at radius 2 is 1.45 bits per heavy atom. The third-order valence-corrected chi connectivity index (χ3v) is 11.8. The van der Waals surface area contributed by atoms with E-state index in [2.05, 4.69) is 90.9 Å². The summed E-state index contributed by atoms with van der Waals surface area (Å²) in [5.41, 5.74) is 8.77. The first kappa shape index (κ1) is 20.3. The fraction of sp³-hybridized carbons (Fsp3) is 0.684. The molecule has 0 saturated heterocycles. The minimum absolute atomic E-state index is 0.700. The lowest BCUT2D eigenvalue weighted by Crippen LogP contribution is -2.43. The van der Waals surface area contributed by atoms with Gasteiger partial charge in [0.2, 0.25) is 0 Å². The summed E-state index contributed by atoms with van der Waals surface area (Å²) in [4.78, 5) is 0. The fourth-order valence-electron chi connectivity index (χ4n) is 3.98. The molecule has 0 fully saturated rings. The van der Waals surface area contributed by atoms with Gasteiger partial charge in [0.1, 0.15) is 8.07 Å². The number of rotatable bonds is 4. The first-order valence-electron chi connectivity index (χ1n) is 8.49. The van der Waals surface area contributed by atoms with Gasteiger partial charge >= 0.3 is 0 Å². The quantitative estimate of drug-likeness (QED) is 0.307. The molecule has 1 aliphatic rings. The number of halogens is 2. The van der Waals surface area contributed by atoms with Crippen LogP contribution in [0, 0.1) is 11.5 Å². The van der Waals surface area contributed by atoms with Crippen LogP contribution in [0.25, 0.3) is 0 Å². The third kappa shape index (κ3) is 4.85. The molecule has 3 heteroatoms. The van der Waals surface area contributed by atoms with Gasteiger partial charge in [0.25, 0.3) is 0 Å². The van der Waals surface area contributed by atoms with Crippen LogP contribution >= 0.6 is 31.9 Å². The Bertz CT molecular complexity index is 475. The highest BCUT2D eigenvalue weighted by atomic mass is 79.9. The minimum Gasteiger partial charge on any atom is -0.125 e. The summed E-state index contributed by atoms with van der Waals surface area (Å²) in [6.45, 7) is 14.3. The SMILES string of the molecule is CC(C)[Si](C#CC1=C(C=C(Br)Br)CCCC1)(C(C)C)C(C)C. The van der Waals surface area contributed by atoms with E-state index in [1.54, 1.807) is 0 Å². The Morgan fingerprint density at radius 1 is 0.955 bits per heavy atom.